The van der Waals surface area contributed by atoms with Crippen LogP contribution < -0.4 is 4.74 Å². The quantitative estimate of drug-likeness (QED) is 0.763. The number of benzene rings is 1. The third-order valence-corrected chi connectivity index (χ3v) is 5.36. The smallest absolute Gasteiger partial charge is 0.260 e. The third kappa shape index (κ3) is 3.96. The zero-order valence-electron chi connectivity index (χ0n) is 14.2. The molecule has 6 nitrogen and oxygen atoms in total. The van der Waals surface area contributed by atoms with E-state index in [1.165, 1.54) is 0 Å². The van der Waals surface area contributed by atoms with Gasteiger partial charge in [-0.3, -0.25) is 4.79 Å². The number of nitrogens with zero attached hydrogens (tertiary/aromatic N) is 3. The van der Waals surface area contributed by atoms with Crippen LogP contribution in [0.25, 0.3) is 0 Å². The van der Waals surface area contributed by atoms with E-state index < -0.39 is 0 Å². The Morgan fingerprint density at radius 3 is 2.38 bits per heavy atom. The van der Waals surface area contributed by atoms with Gasteiger partial charge in [0, 0.05) is 29.9 Å². The standard InChI is InChI=1S/C18H19Cl2N3O3/c19-13-3-4-15(14(20)9-13)25-10-16(24)23-7-5-12(6-8-23)18-22-21-17(26-18)11-1-2-11/h3-4,9,11-12H,1-2,5-8,10H2. The van der Waals surface area contributed by atoms with Gasteiger partial charge in [-0.25, -0.2) is 0 Å². The van der Waals surface area contributed by atoms with Crippen LogP contribution in [0, 0.1) is 0 Å². The van der Waals surface area contributed by atoms with Crippen molar-refractivity contribution in [3.63, 3.8) is 0 Å². The van der Waals surface area contributed by atoms with Crippen LogP contribution in [0.3, 0.4) is 0 Å². The van der Waals surface area contributed by atoms with E-state index in [4.69, 9.17) is 32.4 Å². The maximum Gasteiger partial charge on any atom is 0.260 e. The van der Waals surface area contributed by atoms with E-state index in [2.05, 4.69) is 10.2 Å². The summed E-state index contributed by atoms with van der Waals surface area (Å²) < 4.78 is 11.3. The molecule has 0 spiro atoms. The molecule has 0 N–H and O–H groups in total. The van der Waals surface area contributed by atoms with Gasteiger partial charge in [-0.05, 0) is 43.9 Å². The highest BCUT2D eigenvalue weighted by Gasteiger charge is 2.32. The van der Waals surface area contributed by atoms with Crippen LogP contribution in [0.2, 0.25) is 10.0 Å². The van der Waals surface area contributed by atoms with Gasteiger partial charge in [0.05, 0.1) is 5.02 Å². The molecule has 1 saturated heterocycles. The van der Waals surface area contributed by atoms with Gasteiger partial charge in [-0.1, -0.05) is 23.2 Å². The topological polar surface area (TPSA) is 68.5 Å². The molecule has 1 aliphatic heterocycles. The van der Waals surface area contributed by atoms with E-state index >= 15 is 0 Å². The predicted octanol–water partition coefficient (Wildman–Crippen LogP) is 4.04. The highest BCUT2D eigenvalue weighted by molar-refractivity contribution is 6.35. The summed E-state index contributed by atoms with van der Waals surface area (Å²) in [7, 11) is 0. The third-order valence-electron chi connectivity index (χ3n) is 4.82. The van der Waals surface area contributed by atoms with Crippen LogP contribution in [0.5, 0.6) is 5.75 Å². The van der Waals surface area contributed by atoms with Gasteiger partial charge in [-0.15, -0.1) is 10.2 Å². The highest BCUT2D eigenvalue weighted by Crippen LogP contribution is 2.40. The second-order valence-corrected chi connectivity index (χ2v) is 7.61. The van der Waals surface area contributed by atoms with Gasteiger partial charge >= 0.3 is 0 Å². The van der Waals surface area contributed by atoms with Crippen LogP contribution in [-0.2, 0) is 4.79 Å². The Hall–Kier alpha value is -1.79. The first kappa shape index (κ1) is 17.6. The van der Waals surface area contributed by atoms with Crippen molar-refractivity contribution in [2.45, 2.75) is 37.5 Å². The highest BCUT2D eigenvalue weighted by atomic mass is 35.5. The van der Waals surface area contributed by atoms with Gasteiger partial charge in [0.25, 0.3) is 5.91 Å². The maximum absolute atomic E-state index is 12.4. The molecule has 0 atom stereocenters. The summed E-state index contributed by atoms with van der Waals surface area (Å²) in [5, 5.41) is 9.26. The molecular formula is C18H19Cl2N3O3. The van der Waals surface area contributed by atoms with Gasteiger partial charge in [0.1, 0.15) is 5.75 Å². The van der Waals surface area contributed by atoms with Crippen molar-refractivity contribution in [3.05, 3.63) is 40.0 Å². The number of hydrogen-bond acceptors (Lipinski definition) is 5. The zero-order chi connectivity index (χ0) is 18.1. The minimum absolute atomic E-state index is 0.0432. The van der Waals surface area contributed by atoms with Crippen molar-refractivity contribution in [1.29, 1.82) is 0 Å². The normalized spacial score (nSPS) is 18.2. The van der Waals surface area contributed by atoms with E-state index in [1.54, 1.807) is 23.1 Å². The van der Waals surface area contributed by atoms with Gasteiger partial charge in [0.15, 0.2) is 6.61 Å². The van der Waals surface area contributed by atoms with Crippen molar-refractivity contribution < 1.29 is 13.9 Å². The lowest BCUT2D eigenvalue weighted by molar-refractivity contribution is -0.134. The second-order valence-electron chi connectivity index (χ2n) is 6.77. The van der Waals surface area contributed by atoms with Gasteiger partial charge < -0.3 is 14.1 Å². The largest absolute Gasteiger partial charge is 0.482 e. The molecule has 2 heterocycles. The zero-order valence-corrected chi connectivity index (χ0v) is 15.7. The molecule has 1 aliphatic carbocycles. The molecule has 0 bridgehead atoms. The number of ether oxygens (including phenoxy) is 1. The fraction of sp³-hybridized carbons (Fsp3) is 0.500. The number of aromatic nitrogens is 2. The second kappa shape index (κ2) is 7.45. The Morgan fingerprint density at radius 1 is 1.12 bits per heavy atom. The molecule has 138 valence electrons. The van der Waals surface area contributed by atoms with Crippen molar-refractivity contribution >= 4 is 29.1 Å². The number of halogens is 2. The van der Waals surface area contributed by atoms with Crippen molar-refractivity contribution in [3.8, 4) is 5.75 Å². The summed E-state index contributed by atoms with van der Waals surface area (Å²) in [6.07, 6.45) is 3.93. The number of piperidine rings is 1. The van der Waals surface area contributed by atoms with Crippen molar-refractivity contribution in [2.24, 2.45) is 0 Å². The summed E-state index contributed by atoms with van der Waals surface area (Å²) in [6.45, 7) is 1.27. The number of rotatable bonds is 5. The molecule has 1 aromatic heterocycles. The van der Waals surface area contributed by atoms with Crippen LogP contribution in [-0.4, -0.2) is 40.7 Å². The molecule has 8 heteroatoms. The lowest BCUT2D eigenvalue weighted by Crippen LogP contribution is -2.40. The number of likely N-dealkylation sites (tertiary alicyclic amines) is 1. The Morgan fingerprint density at radius 2 is 1.77 bits per heavy atom. The summed E-state index contributed by atoms with van der Waals surface area (Å²) in [5.74, 6) is 2.58. The Labute approximate surface area is 161 Å². The van der Waals surface area contributed by atoms with Crippen LogP contribution in [0.4, 0.5) is 0 Å². The Balaban J connectivity index is 1.27. The first-order chi connectivity index (χ1) is 12.6. The average Bonchev–Trinajstić information content (AvgIpc) is 3.38. The minimum Gasteiger partial charge on any atom is -0.482 e. The van der Waals surface area contributed by atoms with E-state index in [0.717, 1.165) is 31.6 Å². The molecule has 2 fully saturated rings. The maximum atomic E-state index is 12.4. The summed E-state index contributed by atoms with van der Waals surface area (Å²) >= 11 is 11.9. The number of amides is 1. The SMILES string of the molecule is O=C(COc1ccc(Cl)cc1Cl)N1CCC(c2nnc(C3CC3)o2)CC1. The molecule has 26 heavy (non-hydrogen) atoms. The van der Waals surface area contributed by atoms with E-state index in [-0.39, 0.29) is 18.4 Å². The van der Waals surface area contributed by atoms with Crippen LogP contribution in [0.15, 0.2) is 22.6 Å². The fourth-order valence-corrected chi connectivity index (χ4v) is 3.57. The van der Waals surface area contributed by atoms with Crippen molar-refractivity contribution in [1.82, 2.24) is 15.1 Å². The van der Waals surface area contributed by atoms with E-state index in [9.17, 15) is 4.79 Å². The van der Waals surface area contributed by atoms with E-state index in [0.29, 0.717) is 40.7 Å². The average molecular weight is 396 g/mol. The lowest BCUT2D eigenvalue weighted by atomic mass is 9.97. The van der Waals surface area contributed by atoms with Crippen molar-refractivity contribution in [2.75, 3.05) is 19.7 Å². The summed E-state index contributed by atoms with van der Waals surface area (Å²) in [6, 6.07) is 4.94. The Bertz CT molecular complexity index is 799. The Kier molecular flexibility index (Phi) is 5.05. The lowest BCUT2D eigenvalue weighted by Gasteiger charge is -2.30. The van der Waals surface area contributed by atoms with Gasteiger partial charge in [0.2, 0.25) is 11.8 Å². The monoisotopic (exact) mass is 395 g/mol. The summed E-state index contributed by atoms with van der Waals surface area (Å²) in [5.41, 5.74) is 0. The molecule has 2 aromatic rings. The molecule has 1 aromatic carbocycles. The first-order valence-electron chi connectivity index (χ1n) is 8.79. The van der Waals surface area contributed by atoms with Crippen LogP contribution in [0.1, 0.15) is 49.3 Å². The molecule has 1 saturated carbocycles. The van der Waals surface area contributed by atoms with E-state index in [1.807, 2.05) is 0 Å². The summed E-state index contributed by atoms with van der Waals surface area (Å²) in [4.78, 5) is 14.2. The number of carbonyl (C=O) groups excluding carboxylic acids is 1. The molecule has 1 amide bonds. The predicted molar refractivity (Wildman–Crippen MR) is 96.8 cm³/mol. The molecule has 0 radical (unpaired) electrons. The minimum atomic E-state index is -0.0568. The molecule has 2 aliphatic rings. The molecular weight excluding hydrogens is 377 g/mol. The number of hydrogen-bond donors (Lipinski definition) is 0. The number of carbonyl (C=O) groups is 1. The molecule has 0 unspecified atom stereocenters. The first-order valence-corrected chi connectivity index (χ1v) is 9.54. The van der Waals surface area contributed by atoms with Gasteiger partial charge in [-0.2, -0.15) is 0 Å². The molecule has 4 rings (SSSR count). The fourth-order valence-electron chi connectivity index (χ4n) is 3.11. The van der Waals surface area contributed by atoms with Crippen LogP contribution >= 0.6 is 23.2 Å².